The zero-order chi connectivity index (χ0) is 15.2. The molecule has 8 nitrogen and oxygen atoms in total. The summed E-state index contributed by atoms with van der Waals surface area (Å²) in [6.45, 7) is 1.32. The Labute approximate surface area is 138 Å². The van der Waals surface area contributed by atoms with Crippen molar-refractivity contribution in [1.82, 2.24) is 0 Å². The molecule has 121 valence electrons. The van der Waals surface area contributed by atoms with E-state index in [9.17, 15) is 14.9 Å². The van der Waals surface area contributed by atoms with Gasteiger partial charge in [-0.2, -0.15) is 0 Å². The lowest BCUT2D eigenvalue weighted by molar-refractivity contribution is -0.385. The van der Waals surface area contributed by atoms with Gasteiger partial charge in [0.25, 0.3) is 5.97 Å². The second kappa shape index (κ2) is 9.55. The molecule has 0 fully saturated rings. The second-order valence-electron chi connectivity index (χ2n) is 4.13. The molecule has 0 bridgehead atoms. The maximum absolute atomic E-state index is 11.0. The van der Waals surface area contributed by atoms with Crippen molar-refractivity contribution in [2.75, 3.05) is 0 Å². The Kier molecular flexibility index (Phi) is 8.54. The number of ether oxygens (including phenoxy) is 1. The summed E-state index contributed by atoms with van der Waals surface area (Å²) in [6.07, 6.45) is 0. The molecular weight excluding hydrogens is 321 g/mol. The average molecular weight is 336 g/mol. The number of nitro benzene ring substituents is 1. The van der Waals surface area contributed by atoms with Gasteiger partial charge < -0.3 is 19.5 Å². The number of carbonyl (C=O) groups is 1. The molecule has 0 unspecified atom stereocenters. The molecule has 2 aromatic rings. The minimum absolute atomic E-state index is 0. The Balaban J connectivity index is 0.00000242. The van der Waals surface area contributed by atoms with Crippen molar-refractivity contribution in [2.24, 2.45) is 0 Å². The van der Waals surface area contributed by atoms with E-state index in [0.717, 1.165) is 0 Å². The lowest BCUT2D eigenvalue weighted by Gasteiger charge is -2.08. The van der Waals surface area contributed by atoms with Gasteiger partial charge in [-0.3, -0.25) is 14.9 Å². The number of nitro groups is 1. The summed E-state index contributed by atoms with van der Waals surface area (Å²) in [4.78, 5) is 21.4. The number of benzene rings is 2. The topological polar surface area (TPSA) is 142 Å². The monoisotopic (exact) mass is 336 g/mol. The highest BCUT2D eigenvalue weighted by molar-refractivity contribution is 6.48. The second-order valence-corrected chi connectivity index (χ2v) is 5.26. The van der Waals surface area contributed by atoms with Crippen LogP contribution in [0.15, 0.2) is 48.5 Å². The van der Waals surface area contributed by atoms with E-state index in [4.69, 9.17) is 8.53 Å². The first-order chi connectivity index (χ1) is 10.1. The van der Waals surface area contributed by atoms with E-state index >= 15 is 0 Å². The molecule has 0 aliphatic carbocycles. The Morgan fingerprint density at radius 1 is 1.13 bits per heavy atom. The van der Waals surface area contributed by atoms with Crippen LogP contribution in [-0.4, -0.2) is 37.4 Å². The SMILES string of the molecule is CC(=O)[O][Al][c]1ccc([N+](=O)[O-])c(Oc2ccccc2)c1.O.O. The number of nitrogens with zero attached hydrogens (tertiary/aromatic N) is 1. The Bertz CT molecular complexity index is 663. The average Bonchev–Trinajstić information content (AvgIpc) is 2.46. The van der Waals surface area contributed by atoms with Gasteiger partial charge in [0, 0.05) is 13.0 Å². The third kappa shape index (κ3) is 6.06. The maximum Gasteiger partial charge on any atom is 0.572 e. The van der Waals surface area contributed by atoms with Gasteiger partial charge >= 0.3 is 21.2 Å². The molecule has 0 saturated heterocycles. The first-order valence-corrected chi connectivity index (χ1v) is 7.13. The third-order valence-electron chi connectivity index (χ3n) is 2.51. The van der Waals surface area contributed by atoms with Crippen LogP contribution in [0.3, 0.4) is 0 Å². The third-order valence-corrected chi connectivity index (χ3v) is 3.59. The molecule has 0 atom stereocenters. The highest BCUT2D eigenvalue weighted by Crippen LogP contribution is 2.29. The molecule has 0 saturated carbocycles. The van der Waals surface area contributed by atoms with Gasteiger partial charge in [-0.25, -0.2) is 0 Å². The summed E-state index contributed by atoms with van der Waals surface area (Å²) in [5.41, 5.74) is -0.134. The van der Waals surface area contributed by atoms with Crippen molar-refractivity contribution in [3.8, 4) is 11.5 Å². The molecule has 0 aliphatic heterocycles. The summed E-state index contributed by atoms with van der Waals surface area (Å²) in [7, 11) is 0. The summed E-state index contributed by atoms with van der Waals surface area (Å²) in [5.74, 6) is 0.248. The first-order valence-electron chi connectivity index (χ1n) is 6.08. The molecule has 0 aromatic heterocycles. The zero-order valence-electron chi connectivity index (χ0n) is 12.2. The van der Waals surface area contributed by atoms with E-state index in [1.807, 2.05) is 6.07 Å². The Hall–Kier alpha value is -2.44. The molecule has 23 heavy (non-hydrogen) atoms. The van der Waals surface area contributed by atoms with Gasteiger partial charge in [0.15, 0.2) is 0 Å². The van der Waals surface area contributed by atoms with Crippen molar-refractivity contribution in [3.05, 3.63) is 58.6 Å². The van der Waals surface area contributed by atoms with Gasteiger partial charge in [-0.15, -0.1) is 0 Å². The van der Waals surface area contributed by atoms with Crippen LogP contribution in [0.25, 0.3) is 0 Å². The van der Waals surface area contributed by atoms with Crippen LogP contribution in [0, 0.1) is 10.1 Å². The van der Waals surface area contributed by atoms with Crippen LogP contribution in [0.4, 0.5) is 5.69 Å². The van der Waals surface area contributed by atoms with E-state index in [1.54, 1.807) is 30.3 Å². The largest absolute Gasteiger partial charge is 0.618 e. The number of rotatable bonds is 5. The van der Waals surface area contributed by atoms with Crippen LogP contribution >= 0.6 is 0 Å². The molecule has 2 aromatic carbocycles. The number of hydrogen-bond donors (Lipinski definition) is 0. The predicted octanol–water partition coefficient (Wildman–Crippen LogP) is 0.545. The summed E-state index contributed by atoms with van der Waals surface area (Å²) in [5, 5.41) is 11.0. The van der Waals surface area contributed by atoms with Crippen molar-refractivity contribution in [3.63, 3.8) is 0 Å². The molecule has 0 amide bonds. The summed E-state index contributed by atoms with van der Waals surface area (Å²) >= 11 is -0.741. The van der Waals surface area contributed by atoms with Crippen LogP contribution in [0.1, 0.15) is 6.92 Å². The molecule has 1 radical (unpaired) electrons. The van der Waals surface area contributed by atoms with Crippen molar-refractivity contribution in [2.45, 2.75) is 6.92 Å². The number of carbonyl (C=O) groups excluding carboxylic acids is 1. The molecular formula is C14H15AlNO7. The Morgan fingerprint density at radius 2 is 1.78 bits per heavy atom. The fraction of sp³-hybridized carbons (Fsp3) is 0.0714. The van der Waals surface area contributed by atoms with E-state index in [-0.39, 0.29) is 28.4 Å². The van der Waals surface area contributed by atoms with E-state index in [0.29, 0.717) is 10.2 Å². The van der Waals surface area contributed by atoms with Gasteiger partial charge in [0.1, 0.15) is 5.75 Å². The summed E-state index contributed by atoms with van der Waals surface area (Å²) < 4.78 is 11.2. The fourth-order valence-electron chi connectivity index (χ4n) is 1.60. The molecule has 0 heterocycles. The van der Waals surface area contributed by atoms with Crippen molar-refractivity contribution >= 4 is 31.6 Å². The summed E-state index contributed by atoms with van der Waals surface area (Å²) in [6, 6.07) is 13.2. The van der Waals surface area contributed by atoms with E-state index in [1.165, 1.54) is 19.1 Å². The standard InChI is InChI=1S/C12H8NO3.C2H4O2.Al.2H2O/c14-13(15)11-8-4-5-9-12(11)16-10-6-2-1-3-7-10;1-2(3)4;;;/h1-4,6-9H;1H3,(H,3,4);;2*1H2/q;;+1;;/p-1. The number of hydrogen-bond acceptors (Lipinski definition) is 5. The molecule has 9 heteroatoms. The van der Waals surface area contributed by atoms with Crippen LogP contribution in [-0.2, 0) is 8.58 Å². The van der Waals surface area contributed by atoms with Crippen LogP contribution < -0.4 is 9.16 Å². The normalized spacial score (nSPS) is 8.91. The molecule has 0 spiro atoms. The smallest absolute Gasteiger partial charge is 0.572 e. The molecule has 0 aliphatic rings. The maximum atomic E-state index is 11.0. The minimum atomic E-state index is -0.741. The lowest BCUT2D eigenvalue weighted by atomic mass is 10.3. The van der Waals surface area contributed by atoms with Gasteiger partial charge in [-0.1, -0.05) is 28.7 Å². The van der Waals surface area contributed by atoms with Crippen LogP contribution in [0.5, 0.6) is 11.5 Å². The zero-order valence-corrected chi connectivity index (χ0v) is 13.3. The predicted molar refractivity (Wildman–Crippen MR) is 84.0 cm³/mol. The fourth-order valence-corrected chi connectivity index (χ4v) is 2.30. The Morgan fingerprint density at radius 3 is 2.35 bits per heavy atom. The van der Waals surface area contributed by atoms with E-state index < -0.39 is 20.5 Å². The van der Waals surface area contributed by atoms with Gasteiger partial charge in [-0.05, 0) is 18.2 Å². The van der Waals surface area contributed by atoms with E-state index in [2.05, 4.69) is 0 Å². The highest BCUT2D eigenvalue weighted by Gasteiger charge is 2.18. The van der Waals surface area contributed by atoms with Crippen molar-refractivity contribution in [1.29, 1.82) is 0 Å². The molecule has 2 rings (SSSR count). The molecule has 4 N–H and O–H groups in total. The van der Waals surface area contributed by atoms with Gasteiger partial charge in [0.05, 0.1) is 4.92 Å². The van der Waals surface area contributed by atoms with Gasteiger partial charge in [0.2, 0.25) is 5.75 Å². The minimum Gasteiger partial charge on any atom is -0.618 e. The lowest BCUT2D eigenvalue weighted by Crippen LogP contribution is -2.20. The van der Waals surface area contributed by atoms with Crippen molar-refractivity contribution < 1.29 is 29.2 Å². The van der Waals surface area contributed by atoms with Crippen LogP contribution in [0.2, 0.25) is 0 Å². The highest BCUT2D eigenvalue weighted by atomic mass is 27.1. The quantitative estimate of drug-likeness (QED) is 0.445. The number of para-hydroxylation sites is 1. The first kappa shape index (κ1) is 20.6.